The zero-order chi connectivity index (χ0) is 14.4. The van der Waals surface area contributed by atoms with E-state index in [1.807, 2.05) is 24.3 Å². The number of hydrogen-bond acceptors (Lipinski definition) is 4. The molecule has 1 atom stereocenters. The van der Waals surface area contributed by atoms with Gasteiger partial charge < -0.3 is 5.32 Å². The summed E-state index contributed by atoms with van der Waals surface area (Å²) in [7, 11) is 0. The minimum Gasteiger partial charge on any atom is -0.328 e. The number of allylic oxidation sites excluding steroid dienone is 2. The van der Waals surface area contributed by atoms with Crippen molar-refractivity contribution in [2.45, 2.75) is 25.3 Å². The van der Waals surface area contributed by atoms with Crippen LogP contribution in [-0.2, 0) is 4.79 Å². The van der Waals surface area contributed by atoms with E-state index in [1.54, 1.807) is 4.68 Å². The molecule has 0 spiro atoms. The van der Waals surface area contributed by atoms with Crippen LogP contribution in [0, 0.1) is 0 Å². The molecule has 0 fully saturated rings. The maximum Gasteiger partial charge on any atom is 0.226 e. The van der Waals surface area contributed by atoms with Gasteiger partial charge in [0.1, 0.15) is 12.4 Å². The summed E-state index contributed by atoms with van der Waals surface area (Å²) in [4.78, 5) is 16.7. The minimum atomic E-state index is -0.191. The number of nitrogens with one attached hydrogen (secondary N) is 1. The summed E-state index contributed by atoms with van der Waals surface area (Å²) in [5.74, 6) is 0.906. The number of fused-ring (bicyclic) bond motifs is 1. The number of aromatic nitrogens is 3. The molecule has 2 aliphatic rings. The zero-order valence-corrected chi connectivity index (χ0v) is 12.8. The first-order valence-corrected chi connectivity index (χ1v) is 7.71. The number of benzene rings is 1. The monoisotopic (exact) mass is 344 g/mol. The molecule has 2 heterocycles. The average molecular weight is 345 g/mol. The van der Waals surface area contributed by atoms with Crippen molar-refractivity contribution in [1.82, 2.24) is 14.8 Å². The first kappa shape index (κ1) is 12.8. The molecule has 21 heavy (non-hydrogen) atoms. The summed E-state index contributed by atoms with van der Waals surface area (Å²) in [5.41, 5.74) is 2.87. The van der Waals surface area contributed by atoms with E-state index in [4.69, 9.17) is 0 Å². The Kier molecular flexibility index (Phi) is 2.92. The van der Waals surface area contributed by atoms with Gasteiger partial charge in [-0.25, -0.2) is 4.68 Å². The van der Waals surface area contributed by atoms with Crippen LogP contribution in [0.5, 0.6) is 0 Å². The van der Waals surface area contributed by atoms with Crippen molar-refractivity contribution in [2.75, 3.05) is 5.32 Å². The van der Waals surface area contributed by atoms with Crippen molar-refractivity contribution < 1.29 is 4.79 Å². The second kappa shape index (κ2) is 4.80. The van der Waals surface area contributed by atoms with Gasteiger partial charge in [-0.15, -0.1) is 0 Å². The Morgan fingerprint density at radius 3 is 3.10 bits per heavy atom. The van der Waals surface area contributed by atoms with Crippen LogP contribution in [0.2, 0.25) is 0 Å². The lowest BCUT2D eigenvalue weighted by Crippen LogP contribution is -2.31. The maximum atomic E-state index is 12.5. The van der Waals surface area contributed by atoms with E-state index in [9.17, 15) is 4.79 Å². The normalized spacial score (nSPS) is 20.8. The molecule has 0 bridgehead atoms. The van der Waals surface area contributed by atoms with Crippen LogP contribution in [0.15, 0.2) is 46.3 Å². The number of anilines is 1. The topological polar surface area (TPSA) is 59.8 Å². The number of nitrogens with zero attached hydrogens (tertiary/aromatic N) is 3. The van der Waals surface area contributed by atoms with Crippen LogP contribution in [0.25, 0.3) is 0 Å². The van der Waals surface area contributed by atoms with Gasteiger partial charge in [-0.3, -0.25) is 4.79 Å². The number of halogens is 1. The molecule has 0 saturated carbocycles. The Morgan fingerprint density at radius 1 is 1.33 bits per heavy atom. The summed E-state index contributed by atoms with van der Waals surface area (Å²) in [5, 5.41) is 7.57. The van der Waals surface area contributed by atoms with E-state index in [-0.39, 0.29) is 11.8 Å². The molecular weight excluding hydrogens is 332 g/mol. The molecule has 0 saturated heterocycles. The maximum absolute atomic E-state index is 12.5. The van der Waals surface area contributed by atoms with Crippen LogP contribution in [0.4, 0.5) is 5.95 Å². The second-order valence-corrected chi connectivity index (χ2v) is 6.20. The van der Waals surface area contributed by atoms with Crippen LogP contribution >= 0.6 is 15.9 Å². The Morgan fingerprint density at radius 2 is 2.24 bits per heavy atom. The van der Waals surface area contributed by atoms with E-state index in [0.717, 1.165) is 34.1 Å². The van der Waals surface area contributed by atoms with E-state index in [1.165, 1.54) is 6.33 Å². The van der Waals surface area contributed by atoms with E-state index < -0.39 is 0 Å². The number of carbonyl (C=O) groups is 1. The molecule has 1 aliphatic carbocycles. The molecule has 6 heteroatoms. The number of Topliss-reactive ketones (excluding diaryl/α,β-unsaturated/α-hetero) is 1. The number of carbonyl (C=O) groups excluding carboxylic acids is 1. The summed E-state index contributed by atoms with van der Waals surface area (Å²) in [6.07, 6.45) is 3.91. The quantitative estimate of drug-likeness (QED) is 0.863. The third-order valence-electron chi connectivity index (χ3n) is 3.97. The molecule has 0 amide bonds. The zero-order valence-electron chi connectivity index (χ0n) is 11.2. The van der Waals surface area contributed by atoms with E-state index >= 15 is 0 Å². The largest absolute Gasteiger partial charge is 0.328 e. The summed E-state index contributed by atoms with van der Waals surface area (Å²) < 4.78 is 2.79. The highest BCUT2D eigenvalue weighted by Gasteiger charge is 2.35. The SMILES string of the molecule is O=C1CCCC2=C1[C@@H](c1cccc(Br)c1)n1ncnc1N2. The predicted octanol–water partition coefficient (Wildman–Crippen LogP) is 3.06. The molecular formula is C15H13BrN4O. The van der Waals surface area contributed by atoms with Crippen molar-refractivity contribution in [1.29, 1.82) is 0 Å². The van der Waals surface area contributed by atoms with E-state index in [2.05, 4.69) is 31.3 Å². The van der Waals surface area contributed by atoms with Gasteiger partial charge >= 0.3 is 0 Å². The standard InChI is InChI=1S/C15H13BrN4O/c16-10-4-1-3-9(7-10)14-13-11(5-2-6-12(13)21)19-15-17-8-18-20(14)15/h1,3-4,7-8,14H,2,5-6H2,(H,17,18,19)/t14-/m1/s1. The summed E-state index contributed by atoms with van der Waals surface area (Å²) in [6.45, 7) is 0. The van der Waals surface area contributed by atoms with Gasteiger partial charge in [0.2, 0.25) is 5.95 Å². The van der Waals surface area contributed by atoms with Gasteiger partial charge in [-0.05, 0) is 30.5 Å². The van der Waals surface area contributed by atoms with Crippen LogP contribution in [-0.4, -0.2) is 20.5 Å². The van der Waals surface area contributed by atoms with Gasteiger partial charge in [0.05, 0.1) is 0 Å². The third kappa shape index (κ3) is 2.01. The van der Waals surface area contributed by atoms with Crippen molar-refractivity contribution >= 4 is 27.7 Å². The van der Waals surface area contributed by atoms with Crippen LogP contribution < -0.4 is 5.32 Å². The Bertz CT molecular complexity index is 765. The average Bonchev–Trinajstić information content (AvgIpc) is 2.93. The van der Waals surface area contributed by atoms with Crippen LogP contribution in [0.1, 0.15) is 30.9 Å². The summed E-state index contributed by atoms with van der Waals surface area (Å²) in [6, 6.07) is 7.83. The van der Waals surface area contributed by atoms with Gasteiger partial charge in [0, 0.05) is 22.2 Å². The highest BCUT2D eigenvalue weighted by molar-refractivity contribution is 9.10. The fourth-order valence-electron chi connectivity index (χ4n) is 3.08. The molecule has 1 N–H and O–H groups in total. The first-order valence-electron chi connectivity index (χ1n) is 6.92. The molecule has 4 rings (SSSR count). The third-order valence-corrected chi connectivity index (χ3v) is 4.47. The predicted molar refractivity (Wildman–Crippen MR) is 81.8 cm³/mol. The number of hydrogen-bond donors (Lipinski definition) is 1. The number of ketones is 1. The lowest BCUT2D eigenvalue weighted by molar-refractivity contribution is -0.116. The van der Waals surface area contributed by atoms with Gasteiger partial charge in [-0.1, -0.05) is 28.1 Å². The van der Waals surface area contributed by atoms with Gasteiger partial charge in [0.15, 0.2) is 5.78 Å². The molecule has 106 valence electrons. The van der Waals surface area contributed by atoms with Gasteiger partial charge in [0.25, 0.3) is 0 Å². The minimum absolute atomic E-state index is 0.191. The number of rotatable bonds is 1. The van der Waals surface area contributed by atoms with Crippen molar-refractivity contribution in [3.63, 3.8) is 0 Å². The molecule has 1 aromatic heterocycles. The van der Waals surface area contributed by atoms with Gasteiger partial charge in [-0.2, -0.15) is 10.1 Å². The molecule has 1 aliphatic heterocycles. The van der Waals surface area contributed by atoms with E-state index in [0.29, 0.717) is 12.4 Å². The molecule has 5 nitrogen and oxygen atoms in total. The second-order valence-electron chi connectivity index (χ2n) is 5.28. The molecule has 1 aromatic carbocycles. The smallest absolute Gasteiger partial charge is 0.226 e. The highest BCUT2D eigenvalue weighted by Crippen LogP contribution is 2.39. The fourth-order valence-corrected chi connectivity index (χ4v) is 3.50. The highest BCUT2D eigenvalue weighted by atomic mass is 79.9. The van der Waals surface area contributed by atoms with Crippen molar-refractivity contribution in [2.24, 2.45) is 0 Å². The van der Waals surface area contributed by atoms with Crippen molar-refractivity contribution in [3.05, 3.63) is 51.9 Å². The Labute approximate surface area is 130 Å². The molecule has 0 unspecified atom stereocenters. The Balaban J connectivity index is 1.93. The first-order chi connectivity index (χ1) is 10.2. The lowest BCUT2D eigenvalue weighted by Gasteiger charge is -2.32. The fraction of sp³-hybridized carbons (Fsp3) is 0.267. The molecule has 2 aromatic rings. The Hall–Kier alpha value is -1.95. The van der Waals surface area contributed by atoms with Crippen LogP contribution in [0.3, 0.4) is 0 Å². The van der Waals surface area contributed by atoms with Crippen molar-refractivity contribution in [3.8, 4) is 0 Å². The summed E-state index contributed by atoms with van der Waals surface area (Å²) >= 11 is 3.50. The lowest BCUT2D eigenvalue weighted by atomic mass is 9.85. The molecule has 0 radical (unpaired) electrons.